The van der Waals surface area contributed by atoms with Crippen LogP contribution in [0.15, 0.2) is 42.6 Å². The summed E-state index contributed by atoms with van der Waals surface area (Å²) >= 11 is 0. The van der Waals surface area contributed by atoms with Crippen LogP contribution in [0.1, 0.15) is 30.6 Å². The molecule has 0 bridgehead atoms. The molecule has 0 saturated carbocycles. The van der Waals surface area contributed by atoms with Crippen LogP contribution in [0.5, 0.6) is 11.6 Å². The summed E-state index contributed by atoms with van der Waals surface area (Å²) in [5, 5.41) is 0. The van der Waals surface area contributed by atoms with E-state index in [0.717, 1.165) is 44.7 Å². The molecule has 0 radical (unpaired) electrons. The summed E-state index contributed by atoms with van der Waals surface area (Å²) in [6, 6.07) is 12.2. The SMILES string of the molecule is CC(=O)N1CCCN(Cc2ccc(C3COc4cccnc4O3)cc2)CC1. The van der Waals surface area contributed by atoms with Crippen molar-refractivity contribution in [3.63, 3.8) is 0 Å². The van der Waals surface area contributed by atoms with Crippen molar-refractivity contribution in [1.29, 1.82) is 0 Å². The van der Waals surface area contributed by atoms with Crippen molar-refractivity contribution >= 4 is 5.91 Å². The summed E-state index contributed by atoms with van der Waals surface area (Å²) in [6.45, 7) is 6.66. The van der Waals surface area contributed by atoms with E-state index in [9.17, 15) is 4.79 Å². The Morgan fingerprint density at radius 3 is 2.81 bits per heavy atom. The highest BCUT2D eigenvalue weighted by Crippen LogP contribution is 2.33. The van der Waals surface area contributed by atoms with Crippen molar-refractivity contribution in [3.05, 3.63) is 53.7 Å². The molecular formula is C21H25N3O3. The molecule has 1 unspecified atom stereocenters. The van der Waals surface area contributed by atoms with Gasteiger partial charge in [0.2, 0.25) is 5.91 Å². The second kappa shape index (κ2) is 7.96. The fourth-order valence-corrected chi connectivity index (χ4v) is 3.61. The van der Waals surface area contributed by atoms with E-state index < -0.39 is 0 Å². The molecule has 6 heteroatoms. The van der Waals surface area contributed by atoms with Gasteiger partial charge < -0.3 is 14.4 Å². The van der Waals surface area contributed by atoms with Gasteiger partial charge in [-0.15, -0.1) is 0 Å². The number of nitrogens with zero attached hydrogens (tertiary/aromatic N) is 3. The van der Waals surface area contributed by atoms with Crippen molar-refractivity contribution in [2.75, 3.05) is 32.8 Å². The molecule has 1 amide bonds. The molecule has 2 aliphatic rings. The lowest BCUT2D eigenvalue weighted by Crippen LogP contribution is -2.33. The van der Waals surface area contributed by atoms with E-state index in [1.807, 2.05) is 17.0 Å². The van der Waals surface area contributed by atoms with Crippen LogP contribution in [0.25, 0.3) is 0 Å². The minimum Gasteiger partial charge on any atom is -0.484 e. The van der Waals surface area contributed by atoms with E-state index in [1.54, 1.807) is 13.1 Å². The van der Waals surface area contributed by atoms with Crippen molar-refractivity contribution in [1.82, 2.24) is 14.8 Å². The van der Waals surface area contributed by atoms with E-state index in [2.05, 4.69) is 34.1 Å². The van der Waals surface area contributed by atoms with Crippen LogP contribution < -0.4 is 9.47 Å². The maximum absolute atomic E-state index is 11.6. The predicted octanol–water partition coefficient (Wildman–Crippen LogP) is 2.65. The van der Waals surface area contributed by atoms with Crippen molar-refractivity contribution in [3.8, 4) is 11.6 Å². The van der Waals surface area contributed by atoms with Crippen LogP contribution in [0.4, 0.5) is 0 Å². The minimum atomic E-state index is -0.135. The second-order valence-corrected chi connectivity index (χ2v) is 7.10. The van der Waals surface area contributed by atoms with Gasteiger partial charge in [-0.05, 0) is 29.7 Å². The first-order valence-corrected chi connectivity index (χ1v) is 9.50. The van der Waals surface area contributed by atoms with Crippen molar-refractivity contribution in [2.24, 2.45) is 0 Å². The normalized spacial score (nSPS) is 20.2. The average molecular weight is 367 g/mol. The van der Waals surface area contributed by atoms with Gasteiger partial charge in [0, 0.05) is 45.8 Å². The predicted molar refractivity (Wildman–Crippen MR) is 102 cm³/mol. The highest BCUT2D eigenvalue weighted by molar-refractivity contribution is 5.73. The summed E-state index contributed by atoms with van der Waals surface area (Å²) in [5.74, 6) is 1.43. The lowest BCUT2D eigenvalue weighted by molar-refractivity contribution is -0.128. The highest BCUT2D eigenvalue weighted by Gasteiger charge is 2.23. The molecule has 2 aromatic rings. The lowest BCUT2D eigenvalue weighted by Gasteiger charge is -2.26. The molecule has 1 fully saturated rings. The van der Waals surface area contributed by atoms with Gasteiger partial charge in [0.1, 0.15) is 6.61 Å². The third-order valence-electron chi connectivity index (χ3n) is 5.17. The summed E-state index contributed by atoms with van der Waals surface area (Å²) < 4.78 is 11.7. The number of pyridine rings is 1. The third-order valence-corrected chi connectivity index (χ3v) is 5.17. The molecule has 4 rings (SSSR count). The van der Waals surface area contributed by atoms with Crippen LogP contribution in [-0.4, -0.2) is 53.5 Å². The number of hydrogen-bond acceptors (Lipinski definition) is 5. The Balaban J connectivity index is 1.36. The topological polar surface area (TPSA) is 54.9 Å². The van der Waals surface area contributed by atoms with E-state index in [1.165, 1.54) is 5.56 Å². The fourth-order valence-electron chi connectivity index (χ4n) is 3.61. The molecule has 0 N–H and O–H groups in total. The first-order valence-electron chi connectivity index (χ1n) is 9.50. The molecule has 1 saturated heterocycles. The number of benzene rings is 1. The summed E-state index contributed by atoms with van der Waals surface area (Å²) in [5.41, 5.74) is 2.36. The molecule has 1 aromatic heterocycles. The Morgan fingerprint density at radius 1 is 1.15 bits per heavy atom. The molecule has 0 aliphatic carbocycles. The summed E-state index contributed by atoms with van der Waals surface area (Å²) in [4.78, 5) is 20.2. The van der Waals surface area contributed by atoms with Crippen LogP contribution in [0, 0.1) is 0 Å². The van der Waals surface area contributed by atoms with Crippen LogP contribution in [0.2, 0.25) is 0 Å². The molecule has 27 heavy (non-hydrogen) atoms. The van der Waals surface area contributed by atoms with E-state index in [0.29, 0.717) is 18.2 Å². The number of ether oxygens (including phenoxy) is 2. The van der Waals surface area contributed by atoms with Gasteiger partial charge in [-0.2, -0.15) is 0 Å². The first kappa shape index (κ1) is 17.8. The zero-order valence-electron chi connectivity index (χ0n) is 15.6. The van der Waals surface area contributed by atoms with Crippen molar-refractivity contribution in [2.45, 2.75) is 26.0 Å². The van der Waals surface area contributed by atoms with Crippen LogP contribution >= 0.6 is 0 Å². The largest absolute Gasteiger partial charge is 0.484 e. The summed E-state index contributed by atoms with van der Waals surface area (Å²) in [7, 11) is 0. The maximum atomic E-state index is 11.6. The Hall–Kier alpha value is -2.60. The number of amides is 1. The quantitative estimate of drug-likeness (QED) is 0.835. The smallest absolute Gasteiger partial charge is 0.257 e. The number of carbonyl (C=O) groups excluding carboxylic acids is 1. The number of aromatic nitrogens is 1. The minimum absolute atomic E-state index is 0.135. The zero-order valence-corrected chi connectivity index (χ0v) is 15.6. The van der Waals surface area contributed by atoms with Gasteiger partial charge in [0.05, 0.1) is 0 Å². The molecule has 142 valence electrons. The molecule has 1 aromatic carbocycles. The Labute approximate surface area is 159 Å². The van der Waals surface area contributed by atoms with E-state index in [4.69, 9.17) is 9.47 Å². The molecule has 6 nitrogen and oxygen atoms in total. The van der Waals surface area contributed by atoms with Gasteiger partial charge in [-0.25, -0.2) is 4.98 Å². The Morgan fingerprint density at radius 2 is 2.00 bits per heavy atom. The van der Waals surface area contributed by atoms with Crippen LogP contribution in [-0.2, 0) is 11.3 Å². The lowest BCUT2D eigenvalue weighted by atomic mass is 10.1. The summed E-state index contributed by atoms with van der Waals surface area (Å²) in [6.07, 6.45) is 2.60. The van der Waals surface area contributed by atoms with Gasteiger partial charge in [-0.3, -0.25) is 9.69 Å². The van der Waals surface area contributed by atoms with Crippen LogP contribution in [0.3, 0.4) is 0 Å². The molecule has 1 atom stereocenters. The standard InChI is InChI=1S/C21H25N3O3/c1-16(25)24-11-3-10-23(12-13-24)14-17-5-7-18(8-6-17)20-15-26-19-4-2-9-22-21(19)27-20/h2,4-9,20H,3,10-15H2,1H3. The average Bonchev–Trinajstić information content (AvgIpc) is 2.94. The highest BCUT2D eigenvalue weighted by atomic mass is 16.6. The van der Waals surface area contributed by atoms with Gasteiger partial charge in [0.15, 0.2) is 11.9 Å². The number of hydrogen-bond donors (Lipinski definition) is 0. The van der Waals surface area contributed by atoms with Crippen molar-refractivity contribution < 1.29 is 14.3 Å². The third kappa shape index (κ3) is 4.22. The van der Waals surface area contributed by atoms with Gasteiger partial charge in [-0.1, -0.05) is 24.3 Å². The van der Waals surface area contributed by atoms with E-state index >= 15 is 0 Å². The fraction of sp³-hybridized carbons (Fsp3) is 0.429. The molecule has 0 spiro atoms. The van der Waals surface area contributed by atoms with Gasteiger partial charge in [0.25, 0.3) is 5.88 Å². The Bertz CT molecular complexity index is 794. The number of fused-ring (bicyclic) bond motifs is 1. The second-order valence-electron chi connectivity index (χ2n) is 7.10. The molecule has 3 heterocycles. The number of carbonyl (C=O) groups is 1. The monoisotopic (exact) mass is 367 g/mol. The maximum Gasteiger partial charge on any atom is 0.257 e. The zero-order chi connectivity index (χ0) is 18.6. The van der Waals surface area contributed by atoms with Gasteiger partial charge >= 0.3 is 0 Å². The first-order chi connectivity index (χ1) is 13.2. The Kier molecular flexibility index (Phi) is 5.25. The van der Waals surface area contributed by atoms with E-state index in [-0.39, 0.29) is 12.0 Å². The molecule has 2 aliphatic heterocycles. The molecular weight excluding hydrogens is 342 g/mol. The number of rotatable bonds is 3.